The van der Waals surface area contributed by atoms with Gasteiger partial charge in [-0.1, -0.05) is 32.0 Å². The van der Waals surface area contributed by atoms with Crippen molar-refractivity contribution in [3.8, 4) is 5.75 Å². The molecule has 0 fully saturated rings. The maximum absolute atomic E-state index is 13.6. The van der Waals surface area contributed by atoms with E-state index in [-0.39, 0.29) is 5.56 Å². The summed E-state index contributed by atoms with van der Waals surface area (Å²) in [5.41, 5.74) is 2.26. The lowest BCUT2D eigenvalue weighted by atomic mass is 10.2. The predicted octanol–water partition coefficient (Wildman–Crippen LogP) is 2.48. The molecule has 2 N–H and O–H groups in total. The smallest absolute Gasteiger partial charge is 0.266 e. The van der Waals surface area contributed by atoms with E-state index in [2.05, 4.69) is 5.43 Å². The van der Waals surface area contributed by atoms with Gasteiger partial charge in [-0.05, 0) is 36.2 Å². The Hall–Kier alpha value is -2.45. The van der Waals surface area contributed by atoms with E-state index in [0.717, 1.165) is 12.1 Å². The Morgan fingerprint density at radius 2 is 1.88 bits per heavy atom. The van der Waals surface area contributed by atoms with E-state index in [9.17, 15) is 17.6 Å². The van der Waals surface area contributed by atoms with Crippen LogP contribution in [0.15, 0.2) is 53.4 Å². The van der Waals surface area contributed by atoms with E-state index in [0.29, 0.717) is 18.3 Å². The average Bonchev–Trinajstić information content (AvgIpc) is 2.58. The lowest BCUT2D eigenvalue weighted by molar-refractivity contribution is 0.0944. The highest BCUT2D eigenvalue weighted by atomic mass is 32.2. The summed E-state index contributed by atoms with van der Waals surface area (Å²) in [6.45, 7) is 4.48. The summed E-state index contributed by atoms with van der Waals surface area (Å²) in [6.07, 6.45) is 0. The average molecular weight is 366 g/mol. The van der Waals surface area contributed by atoms with Crippen LogP contribution in [0, 0.1) is 11.7 Å². The molecule has 2 rings (SSSR count). The number of hydrogen-bond donors (Lipinski definition) is 2. The van der Waals surface area contributed by atoms with Crippen LogP contribution in [0.5, 0.6) is 5.75 Å². The second-order valence-electron chi connectivity index (χ2n) is 5.72. The summed E-state index contributed by atoms with van der Waals surface area (Å²) in [5, 5.41) is 0. The topological polar surface area (TPSA) is 84.5 Å². The normalized spacial score (nSPS) is 11.4. The third-order valence-corrected chi connectivity index (χ3v) is 4.39. The molecule has 0 aliphatic carbocycles. The summed E-state index contributed by atoms with van der Waals surface area (Å²) < 4.78 is 43.2. The molecule has 0 spiro atoms. The molecule has 6 nitrogen and oxygen atoms in total. The third-order valence-electron chi connectivity index (χ3n) is 3.10. The maximum atomic E-state index is 13.6. The molecule has 0 aliphatic rings. The van der Waals surface area contributed by atoms with Gasteiger partial charge < -0.3 is 4.74 Å². The van der Waals surface area contributed by atoms with Gasteiger partial charge in [0.2, 0.25) is 0 Å². The molecule has 0 aromatic heterocycles. The van der Waals surface area contributed by atoms with E-state index in [1.807, 2.05) is 18.7 Å². The number of sulfonamides is 1. The number of carbonyl (C=O) groups is 1. The van der Waals surface area contributed by atoms with Crippen molar-refractivity contribution in [1.29, 1.82) is 0 Å². The van der Waals surface area contributed by atoms with Crippen molar-refractivity contribution in [3.05, 3.63) is 59.9 Å². The minimum atomic E-state index is -4.21. The summed E-state index contributed by atoms with van der Waals surface area (Å²) in [5.74, 6) is -0.772. The SMILES string of the molecule is CC(C)COc1cccc(C(=O)NNS(=O)(=O)c2ccccc2F)c1. The number of nitrogens with one attached hydrogen (secondary N) is 2. The Morgan fingerprint density at radius 1 is 1.16 bits per heavy atom. The van der Waals surface area contributed by atoms with Gasteiger partial charge >= 0.3 is 0 Å². The largest absolute Gasteiger partial charge is 0.493 e. The zero-order valence-corrected chi connectivity index (χ0v) is 14.6. The molecule has 25 heavy (non-hydrogen) atoms. The molecule has 0 unspecified atom stereocenters. The molecule has 0 bridgehead atoms. The highest BCUT2D eigenvalue weighted by Crippen LogP contribution is 2.15. The van der Waals surface area contributed by atoms with Crippen LogP contribution in [0.25, 0.3) is 0 Å². The van der Waals surface area contributed by atoms with Crippen LogP contribution >= 0.6 is 0 Å². The van der Waals surface area contributed by atoms with Crippen molar-refractivity contribution >= 4 is 15.9 Å². The molecule has 0 heterocycles. The summed E-state index contributed by atoms with van der Waals surface area (Å²) in [7, 11) is -4.21. The number of hydrogen-bond acceptors (Lipinski definition) is 4. The zero-order chi connectivity index (χ0) is 18.4. The fourth-order valence-corrected chi connectivity index (χ4v) is 2.81. The number of amides is 1. The molecule has 1 amide bonds. The minimum absolute atomic E-state index is 0.206. The third kappa shape index (κ3) is 5.27. The molecule has 0 saturated heterocycles. The van der Waals surface area contributed by atoms with Gasteiger partial charge in [-0.25, -0.2) is 12.8 Å². The fraction of sp³-hybridized carbons (Fsp3) is 0.235. The van der Waals surface area contributed by atoms with Crippen molar-refractivity contribution in [2.45, 2.75) is 18.7 Å². The molecular weight excluding hydrogens is 347 g/mol. The second kappa shape index (κ2) is 8.09. The van der Waals surface area contributed by atoms with Crippen molar-refractivity contribution in [1.82, 2.24) is 10.3 Å². The number of ether oxygens (including phenoxy) is 1. The molecule has 0 radical (unpaired) electrons. The second-order valence-corrected chi connectivity index (χ2v) is 7.37. The molecule has 8 heteroatoms. The van der Waals surface area contributed by atoms with Gasteiger partial charge in [-0.2, -0.15) is 0 Å². The fourth-order valence-electron chi connectivity index (χ4n) is 1.89. The maximum Gasteiger partial charge on any atom is 0.266 e. The minimum Gasteiger partial charge on any atom is -0.493 e. The van der Waals surface area contributed by atoms with E-state index in [1.54, 1.807) is 12.1 Å². The Balaban J connectivity index is 2.05. The van der Waals surface area contributed by atoms with Crippen LogP contribution < -0.4 is 15.0 Å². The highest BCUT2D eigenvalue weighted by Gasteiger charge is 2.19. The van der Waals surface area contributed by atoms with Gasteiger partial charge in [0, 0.05) is 5.56 Å². The quantitative estimate of drug-likeness (QED) is 0.738. The van der Waals surface area contributed by atoms with Crippen LogP contribution in [0.2, 0.25) is 0 Å². The van der Waals surface area contributed by atoms with Gasteiger partial charge in [-0.3, -0.25) is 10.2 Å². The van der Waals surface area contributed by atoms with E-state index in [1.165, 1.54) is 24.3 Å². The first-order chi connectivity index (χ1) is 11.8. The van der Waals surface area contributed by atoms with Crippen molar-refractivity contribution < 1.29 is 22.3 Å². The Morgan fingerprint density at radius 3 is 2.56 bits per heavy atom. The number of halogens is 1. The van der Waals surface area contributed by atoms with Crippen molar-refractivity contribution in [2.24, 2.45) is 5.92 Å². The first-order valence-corrected chi connectivity index (χ1v) is 9.07. The lowest BCUT2D eigenvalue weighted by Gasteiger charge is -2.11. The van der Waals surface area contributed by atoms with Crippen LogP contribution in [-0.4, -0.2) is 20.9 Å². The van der Waals surface area contributed by atoms with E-state index < -0.39 is 26.6 Å². The molecule has 0 aliphatic heterocycles. The monoisotopic (exact) mass is 366 g/mol. The molecule has 2 aromatic carbocycles. The summed E-state index contributed by atoms with van der Waals surface area (Å²) >= 11 is 0. The highest BCUT2D eigenvalue weighted by molar-refractivity contribution is 7.89. The van der Waals surface area contributed by atoms with Gasteiger partial charge in [0.05, 0.1) is 6.61 Å². The van der Waals surface area contributed by atoms with E-state index >= 15 is 0 Å². The van der Waals surface area contributed by atoms with Crippen LogP contribution in [0.4, 0.5) is 4.39 Å². The molecule has 2 aromatic rings. The number of rotatable bonds is 7. The van der Waals surface area contributed by atoms with Crippen molar-refractivity contribution in [2.75, 3.05) is 6.61 Å². The van der Waals surface area contributed by atoms with Crippen LogP contribution in [0.3, 0.4) is 0 Å². The first-order valence-electron chi connectivity index (χ1n) is 7.59. The molecule has 0 saturated carbocycles. The Kier molecular flexibility index (Phi) is 6.11. The number of carbonyl (C=O) groups excluding carboxylic acids is 1. The predicted molar refractivity (Wildman–Crippen MR) is 91.0 cm³/mol. The Labute approximate surface area is 146 Å². The van der Waals surface area contributed by atoms with Gasteiger partial charge in [0.15, 0.2) is 0 Å². The number of hydrazine groups is 1. The Bertz CT molecular complexity index is 853. The van der Waals surface area contributed by atoms with E-state index in [4.69, 9.17) is 4.74 Å². The zero-order valence-electron chi connectivity index (χ0n) is 13.8. The van der Waals surface area contributed by atoms with Gasteiger partial charge in [0.25, 0.3) is 15.9 Å². The lowest BCUT2D eigenvalue weighted by Crippen LogP contribution is -2.41. The molecule has 134 valence electrons. The molecular formula is C17H19FN2O4S. The number of benzene rings is 2. The van der Waals surface area contributed by atoms with Gasteiger partial charge in [0.1, 0.15) is 16.5 Å². The van der Waals surface area contributed by atoms with Crippen LogP contribution in [-0.2, 0) is 10.0 Å². The standard InChI is InChI=1S/C17H19FN2O4S/c1-12(2)11-24-14-7-5-6-13(10-14)17(21)19-20-25(22,23)16-9-4-3-8-15(16)18/h3-10,12,20H,11H2,1-2H3,(H,19,21). The molecule has 0 atom stereocenters. The van der Waals surface area contributed by atoms with Crippen molar-refractivity contribution in [3.63, 3.8) is 0 Å². The van der Waals surface area contributed by atoms with Gasteiger partial charge in [-0.15, -0.1) is 4.83 Å². The van der Waals surface area contributed by atoms with Crippen LogP contribution in [0.1, 0.15) is 24.2 Å². The summed E-state index contributed by atoms with van der Waals surface area (Å²) in [4.78, 5) is 13.4. The summed E-state index contributed by atoms with van der Waals surface area (Å²) in [6, 6.07) is 11.2. The first kappa shape index (κ1) is 18.9.